The average Bonchev–Trinajstić information content (AvgIpc) is 2.67. The highest BCUT2D eigenvalue weighted by molar-refractivity contribution is 7.12. The summed E-state index contributed by atoms with van der Waals surface area (Å²) in [5.74, 6) is 0. The number of ether oxygens (including phenoxy) is 1. The first kappa shape index (κ1) is 15.0. The SMILES string of the molecule is CCCNC(CC1(OC)CCC1)c1cc(C)sc1C. The number of nitrogens with one attached hydrogen (secondary N) is 1. The molecule has 0 aromatic carbocycles. The monoisotopic (exact) mass is 281 g/mol. The minimum Gasteiger partial charge on any atom is -0.378 e. The highest BCUT2D eigenvalue weighted by Crippen LogP contribution is 2.43. The molecule has 0 bridgehead atoms. The molecule has 2 nitrogen and oxygen atoms in total. The lowest BCUT2D eigenvalue weighted by Crippen LogP contribution is -2.43. The van der Waals surface area contributed by atoms with Gasteiger partial charge in [-0.2, -0.15) is 0 Å². The predicted molar refractivity (Wildman–Crippen MR) is 83.0 cm³/mol. The molecule has 1 aliphatic rings. The number of methoxy groups -OCH3 is 1. The van der Waals surface area contributed by atoms with Crippen LogP contribution in [-0.4, -0.2) is 19.3 Å². The quantitative estimate of drug-likeness (QED) is 0.801. The molecule has 0 radical (unpaired) electrons. The molecule has 1 fully saturated rings. The van der Waals surface area contributed by atoms with Crippen LogP contribution in [0.1, 0.15) is 60.4 Å². The summed E-state index contributed by atoms with van der Waals surface area (Å²) in [7, 11) is 1.88. The maximum Gasteiger partial charge on any atom is 0.0697 e. The second-order valence-electron chi connectivity index (χ2n) is 5.82. The van der Waals surface area contributed by atoms with Crippen LogP contribution >= 0.6 is 11.3 Å². The summed E-state index contributed by atoms with van der Waals surface area (Å²) in [6, 6.07) is 2.81. The van der Waals surface area contributed by atoms with E-state index >= 15 is 0 Å². The molecule has 1 unspecified atom stereocenters. The molecule has 0 spiro atoms. The van der Waals surface area contributed by atoms with E-state index in [1.165, 1.54) is 41.0 Å². The van der Waals surface area contributed by atoms with Gasteiger partial charge in [-0.05, 0) is 64.1 Å². The van der Waals surface area contributed by atoms with Crippen molar-refractivity contribution >= 4 is 11.3 Å². The van der Waals surface area contributed by atoms with Crippen molar-refractivity contribution < 1.29 is 4.74 Å². The van der Waals surface area contributed by atoms with Crippen LogP contribution in [0.4, 0.5) is 0 Å². The van der Waals surface area contributed by atoms with Gasteiger partial charge in [-0.25, -0.2) is 0 Å². The topological polar surface area (TPSA) is 21.3 Å². The zero-order chi connectivity index (χ0) is 13.9. The van der Waals surface area contributed by atoms with E-state index in [9.17, 15) is 0 Å². The Hall–Kier alpha value is -0.380. The molecule has 1 saturated carbocycles. The Bertz CT molecular complexity index is 403. The molecular formula is C16H27NOS. The first-order valence-corrected chi connectivity index (χ1v) is 8.27. The van der Waals surface area contributed by atoms with Gasteiger partial charge >= 0.3 is 0 Å². The van der Waals surface area contributed by atoms with Gasteiger partial charge in [0.05, 0.1) is 5.60 Å². The molecule has 108 valence electrons. The predicted octanol–water partition coefficient (Wildman–Crippen LogP) is 4.36. The van der Waals surface area contributed by atoms with Crippen LogP contribution in [0.5, 0.6) is 0 Å². The summed E-state index contributed by atoms with van der Waals surface area (Å²) in [5.41, 5.74) is 1.62. The van der Waals surface area contributed by atoms with Crippen molar-refractivity contribution in [2.75, 3.05) is 13.7 Å². The third-order valence-corrected chi connectivity index (χ3v) is 5.35. The van der Waals surface area contributed by atoms with Gasteiger partial charge in [0.1, 0.15) is 0 Å². The zero-order valence-electron chi connectivity index (χ0n) is 12.7. The minimum atomic E-state index is 0.133. The van der Waals surface area contributed by atoms with Gasteiger partial charge in [-0.15, -0.1) is 11.3 Å². The summed E-state index contributed by atoms with van der Waals surface area (Å²) >= 11 is 1.91. The first-order chi connectivity index (χ1) is 9.10. The van der Waals surface area contributed by atoms with Crippen LogP contribution in [0.15, 0.2) is 6.07 Å². The van der Waals surface area contributed by atoms with Crippen LogP contribution in [0, 0.1) is 13.8 Å². The third kappa shape index (κ3) is 3.39. The molecule has 3 heteroatoms. The van der Waals surface area contributed by atoms with Crippen molar-refractivity contribution in [3.8, 4) is 0 Å². The first-order valence-electron chi connectivity index (χ1n) is 7.45. The summed E-state index contributed by atoms with van der Waals surface area (Å²) in [6.07, 6.45) is 6.04. The zero-order valence-corrected chi connectivity index (χ0v) is 13.5. The maximum absolute atomic E-state index is 5.82. The molecule has 19 heavy (non-hydrogen) atoms. The fourth-order valence-electron chi connectivity index (χ4n) is 3.04. The highest BCUT2D eigenvalue weighted by atomic mass is 32.1. The van der Waals surface area contributed by atoms with Crippen molar-refractivity contribution in [3.63, 3.8) is 0 Å². The standard InChI is InChI=1S/C16H27NOS/c1-5-9-17-15(11-16(18-4)7-6-8-16)14-10-12(2)19-13(14)3/h10,15,17H,5-9,11H2,1-4H3. The molecule has 1 aromatic heterocycles. The van der Waals surface area contributed by atoms with Crippen LogP contribution in [-0.2, 0) is 4.74 Å². The van der Waals surface area contributed by atoms with E-state index < -0.39 is 0 Å². The van der Waals surface area contributed by atoms with E-state index in [1.807, 2.05) is 18.4 Å². The number of thiophene rings is 1. The van der Waals surface area contributed by atoms with E-state index in [2.05, 4.69) is 32.2 Å². The Morgan fingerprint density at radius 1 is 1.42 bits per heavy atom. The summed E-state index contributed by atoms with van der Waals surface area (Å²) in [6.45, 7) is 7.76. The van der Waals surface area contributed by atoms with E-state index in [1.54, 1.807) is 0 Å². The van der Waals surface area contributed by atoms with Crippen molar-refractivity contribution in [3.05, 3.63) is 21.4 Å². The van der Waals surface area contributed by atoms with Gasteiger partial charge in [0.2, 0.25) is 0 Å². The lowest BCUT2D eigenvalue weighted by atomic mass is 9.74. The van der Waals surface area contributed by atoms with Crippen LogP contribution < -0.4 is 5.32 Å². The Morgan fingerprint density at radius 3 is 2.58 bits per heavy atom. The molecule has 2 rings (SSSR count). The second-order valence-corrected chi connectivity index (χ2v) is 7.28. The van der Waals surface area contributed by atoms with Crippen LogP contribution in [0.3, 0.4) is 0 Å². The number of rotatable bonds is 7. The van der Waals surface area contributed by atoms with Gasteiger partial charge < -0.3 is 10.1 Å². The fraction of sp³-hybridized carbons (Fsp3) is 0.750. The lowest BCUT2D eigenvalue weighted by molar-refractivity contribution is -0.0838. The summed E-state index contributed by atoms with van der Waals surface area (Å²) in [5, 5.41) is 3.72. The summed E-state index contributed by atoms with van der Waals surface area (Å²) < 4.78 is 5.82. The Morgan fingerprint density at radius 2 is 2.16 bits per heavy atom. The van der Waals surface area contributed by atoms with Crippen molar-refractivity contribution in [2.24, 2.45) is 0 Å². The van der Waals surface area contributed by atoms with Crippen LogP contribution in [0.2, 0.25) is 0 Å². The van der Waals surface area contributed by atoms with Gasteiger partial charge in [0, 0.05) is 22.9 Å². The highest BCUT2D eigenvalue weighted by Gasteiger charge is 2.39. The summed E-state index contributed by atoms with van der Waals surface area (Å²) in [4.78, 5) is 2.87. The van der Waals surface area contributed by atoms with Crippen molar-refractivity contribution in [2.45, 2.75) is 64.5 Å². The molecule has 1 aromatic rings. The number of hydrogen-bond donors (Lipinski definition) is 1. The fourth-order valence-corrected chi connectivity index (χ4v) is 4.03. The van der Waals surface area contributed by atoms with E-state index in [0.717, 1.165) is 13.0 Å². The molecular weight excluding hydrogens is 254 g/mol. The third-order valence-electron chi connectivity index (χ3n) is 4.37. The molecule has 1 aliphatic carbocycles. The van der Waals surface area contributed by atoms with Gasteiger partial charge in [-0.1, -0.05) is 6.92 Å². The van der Waals surface area contributed by atoms with Crippen molar-refractivity contribution in [1.29, 1.82) is 0 Å². The average molecular weight is 281 g/mol. The smallest absolute Gasteiger partial charge is 0.0697 e. The van der Waals surface area contributed by atoms with E-state index in [-0.39, 0.29) is 5.60 Å². The molecule has 0 aliphatic heterocycles. The largest absolute Gasteiger partial charge is 0.378 e. The minimum absolute atomic E-state index is 0.133. The van der Waals surface area contributed by atoms with Crippen molar-refractivity contribution in [1.82, 2.24) is 5.32 Å². The van der Waals surface area contributed by atoms with Gasteiger partial charge in [0.15, 0.2) is 0 Å². The van der Waals surface area contributed by atoms with E-state index in [0.29, 0.717) is 6.04 Å². The number of hydrogen-bond acceptors (Lipinski definition) is 3. The van der Waals surface area contributed by atoms with E-state index in [4.69, 9.17) is 4.74 Å². The maximum atomic E-state index is 5.82. The van der Waals surface area contributed by atoms with Gasteiger partial charge in [0.25, 0.3) is 0 Å². The Kier molecular flexibility index (Phi) is 5.04. The second kappa shape index (κ2) is 6.38. The van der Waals surface area contributed by atoms with Crippen LogP contribution in [0.25, 0.3) is 0 Å². The Labute approximate surface area is 121 Å². The van der Waals surface area contributed by atoms with Gasteiger partial charge in [-0.3, -0.25) is 0 Å². The number of aryl methyl sites for hydroxylation is 2. The molecule has 0 amide bonds. The normalized spacial score (nSPS) is 19.2. The molecule has 1 N–H and O–H groups in total. The molecule has 1 atom stereocenters. The Balaban J connectivity index is 2.13. The molecule has 1 heterocycles. The lowest BCUT2D eigenvalue weighted by Gasteiger charge is -2.43. The molecule has 0 saturated heterocycles.